The van der Waals surface area contributed by atoms with Crippen LogP contribution in [0.3, 0.4) is 0 Å². The van der Waals surface area contributed by atoms with Crippen molar-refractivity contribution in [1.82, 2.24) is 9.66 Å². The van der Waals surface area contributed by atoms with E-state index < -0.39 is 5.91 Å². The van der Waals surface area contributed by atoms with Crippen LogP contribution >= 0.6 is 11.3 Å². The molecule has 102 valence electrons. The Morgan fingerprint density at radius 3 is 3.10 bits per heavy atom. The first-order valence-corrected chi connectivity index (χ1v) is 6.85. The molecule has 0 aliphatic carbocycles. The first kappa shape index (κ1) is 12.6. The van der Waals surface area contributed by atoms with Crippen LogP contribution < -0.4 is 11.0 Å². The molecule has 1 amide bonds. The van der Waals surface area contributed by atoms with E-state index in [0.717, 1.165) is 16.0 Å². The van der Waals surface area contributed by atoms with Gasteiger partial charge in [-0.2, -0.15) is 0 Å². The smallest absolute Gasteiger partial charge is 0.305 e. The predicted molar refractivity (Wildman–Crippen MR) is 75.7 cm³/mol. The minimum Gasteiger partial charge on any atom is -0.459 e. The molecule has 7 heteroatoms. The molecule has 0 bridgehead atoms. The second kappa shape index (κ2) is 4.93. The number of hydrogen-bond acceptors (Lipinski definition) is 5. The van der Waals surface area contributed by atoms with E-state index >= 15 is 0 Å². The van der Waals surface area contributed by atoms with E-state index in [1.165, 1.54) is 30.0 Å². The van der Waals surface area contributed by atoms with Gasteiger partial charge in [0.05, 0.1) is 11.6 Å². The van der Waals surface area contributed by atoms with Crippen molar-refractivity contribution in [2.24, 2.45) is 0 Å². The molecule has 20 heavy (non-hydrogen) atoms. The number of aromatic nitrogens is 2. The molecule has 0 unspecified atom stereocenters. The van der Waals surface area contributed by atoms with Crippen LogP contribution in [0.5, 0.6) is 0 Å². The van der Waals surface area contributed by atoms with Crippen molar-refractivity contribution in [2.45, 2.75) is 13.3 Å². The third-order valence-corrected chi connectivity index (χ3v) is 4.01. The molecule has 0 fully saturated rings. The van der Waals surface area contributed by atoms with Crippen molar-refractivity contribution in [1.29, 1.82) is 0 Å². The summed E-state index contributed by atoms with van der Waals surface area (Å²) in [5.74, 6) is -0.360. The van der Waals surface area contributed by atoms with E-state index in [4.69, 9.17) is 4.42 Å². The summed E-state index contributed by atoms with van der Waals surface area (Å²) in [5.41, 5.74) is 2.15. The van der Waals surface area contributed by atoms with Crippen LogP contribution in [0.15, 0.2) is 40.0 Å². The van der Waals surface area contributed by atoms with Gasteiger partial charge in [-0.05, 0) is 24.6 Å². The second-order valence-electron chi connectivity index (χ2n) is 4.12. The zero-order valence-electron chi connectivity index (χ0n) is 10.6. The predicted octanol–water partition coefficient (Wildman–Crippen LogP) is 2.00. The molecule has 0 aliphatic heterocycles. The molecular formula is C13H11N3O3S. The second-order valence-corrected chi connectivity index (χ2v) is 5.24. The molecule has 0 saturated heterocycles. The lowest BCUT2D eigenvalue weighted by atomic mass is 10.3. The first-order chi connectivity index (χ1) is 9.69. The molecule has 0 saturated carbocycles. The third-order valence-electron chi connectivity index (χ3n) is 2.82. The van der Waals surface area contributed by atoms with Crippen molar-refractivity contribution >= 4 is 27.5 Å². The number of nitrogens with zero attached hydrogens (tertiary/aromatic N) is 2. The highest BCUT2D eigenvalue weighted by molar-refractivity contribution is 7.18. The Morgan fingerprint density at radius 1 is 1.55 bits per heavy atom. The minimum atomic E-state index is -0.496. The molecule has 3 aromatic rings. The number of aryl methyl sites for hydroxylation is 1. The fourth-order valence-electron chi connectivity index (χ4n) is 1.80. The van der Waals surface area contributed by atoms with Gasteiger partial charge < -0.3 is 4.42 Å². The van der Waals surface area contributed by atoms with Gasteiger partial charge in [0, 0.05) is 4.88 Å². The highest BCUT2D eigenvalue weighted by Crippen LogP contribution is 2.20. The van der Waals surface area contributed by atoms with Crippen LogP contribution in [0.1, 0.15) is 22.4 Å². The number of amides is 1. The van der Waals surface area contributed by atoms with Crippen molar-refractivity contribution in [3.63, 3.8) is 0 Å². The maximum absolute atomic E-state index is 12.2. The lowest BCUT2D eigenvalue weighted by Gasteiger charge is -2.05. The third kappa shape index (κ3) is 2.12. The number of carbonyl (C=O) groups is 1. The Kier molecular flexibility index (Phi) is 3.11. The number of rotatable bonds is 3. The Morgan fingerprint density at radius 2 is 2.40 bits per heavy atom. The average molecular weight is 289 g/mol. The fourth-order valence-corrected chi connectivity index (χ4v) is 2.72. The van der Waals surface area contributed by atoms with Crippen molar-refractivity contribution in [3.8, 4) is 0 Å². The number of carbonyl (C=O) groups excluding carboxylic acids is 1. The van der Waals surface area contributed by atoms with Crippen LogP contribution in [-0.4, -0.2) is 15.6 Å². The SMILES string of the molecule is CCc1cc2c(=O)n(NC(=O)c3ccco3)cnc2s1. The summed E-state index contributed by atoms with van der Waals surface area (Å²) in [6.45, 7) is 2.02. The van der Waals surface area contributed by atoms with Crippen LogP contribution in [0, 0.1) is 0 Å². The number of furan rings is 1. The van der Waals surface area contributed by atoms with E-state index in [0.29, 0.717) is 10.2 Å². The number of hydrogen-bond donors (Lipinski definition) is 1. The number of fused-ring (bicyclic) bond motifs is 1. The summed E-state index contributed by atoms with van der Waals surface area (Å²) in [7, 11) is 0. The minimum absolute atomic E-state index is 0.136. The fraction of sp³-hybridized carbons (Fsp3) is 0.154. The molecule has 0 aromatic carbocycles. The standard InChI is InChI=1S/C13H11N3O3S/c1-2-8-6-9-12(20-8)14-7-16(13(9)18)15-11(17)10-4-3-5-19-10/h3-7H,2H2,1H3,(H,15,17). The highest BCUT2D eigenvalue weighted by atomic mass is 32.1. The van der Waals surface area contributed by atoms with Gasteiger partial charge in [-0.25, -0.2) is 9.66 Å². The Hall–Kier alpha value is -2.41. The summed E-state index contributed by atoms with van der Waals surface area (Å²) in [5, 5.41) is 0.508. The maximum atomic E-state index is 12.2. The van der Waals surface area contributed by atoms with Crippen LogP contribution in [0.2, 0.25) is 0 Å². The zero-order valence-corrected chi connectivity index (χ0v) is 11.4. The molecular weight excluding hydrogens is 278 g/mol. The van der Waals surface area contributed by atoms with Gasteiger partial charge in [0.2, 0.25) is 0 Å². The normalized spacial score (nSPS) is 10.8. The van der Waals surface area contributed by atoms with Gasteiger partial charge in [0.25, 0.3) is 5.56 Å². The van der Waals surface area contributed by atoms with Gasteiger partial charge in [0.1, 0.15) is 11.2 Å². The Labute approximate surface area is 117 Å². The molecule has 1 N–H and O–H groups in total. The maximum Gasteiger partial charge on any atom is 0.305 e. The Balaban J connectivity index is 1.98. The molecule has 0 aliphatic rings. The highest BCUT2D eigenvalue weighted by Gasteiger charge is 2.12. The van der Waals surface area contributed by atoms with Crippen molar-refractivity contribution in [2.75, 3.05) is 5.43 Å². The first-order valence-electron chi connectivity index (χ1n) is 6.04. The average Bonchev–Trinajstić information content (AvgIpc) is 3.10. The summed E-state index contributed by atoms with van der Waals surface area (Å²) >= 11 is 1.48. The lowest BCUT2D eigenvalue weighted by molar-refractivity contribution is 0.0980. The topological polar surface area (TPSA) is 77.1 Å². The number of thiophene rings is 1. The van der Waals surface area contributed by atoms with E-state index in [1.807, 2.05) is 13.0 Å². The van der Waals surface area contributed by atoms with E-state index in [2.05, 4.69) is 10.4 Å². The van der Waals surface area contributed by atoms with E-state index in [-0.39, 0.29) is 11.3 Å². The molecule has 0 spiro atoms. The van der Waals surface area contributed by atoms with Gasteiger partial charge in [-0.3, -0.25) is 15.0 Å². The number of nitrogens with one attached hydrogen (secondary N) is 1. The molecule has 3 rings (SSSR count). The molecule has 3 aromatic heterocycles. The lowest BCUT2D eigenvalue weighted by Crippen LogP contribution is -2.32. The van der Waals surface area contributed by atoms with Crippen LogP contribution in [0.25, 0.3) is 10.2 Å². The monoisotopic (exact) mass is 289 g/mol. The Bertz CT molecular complexity index is 817. The van der Waals surface area contributed by atoms with Crippen LogP contribution in [-0.2, 0) is 6.42 Å². The van der Waals surface area contributed by atoms with Gasteiger partial charge in [-0.15, -0.1) is 11.3 Å². The summed E-state index contributed by atoms with van der Waals surface area (Å²) in [4.78, 5) is 30.0. The van der Waals surface area contributed by atoms with Gasteiger partial charge in [0.15, 0.2) is 5.76 Å². The molecule has 6 nitrogen and oxygen atoms in total. The van der Waals surface area contributed by atoms with Crippen LogP contribution in [0.4, 0.5) is 0 Å². The van der Waals surface area contributed by atoms with Crippen molar-refractivity contribution < 1.29 is 9.21 Å². The van der Waals surface area contributed by atoms with Gasteiger partial charge >= 0.3 is 5.91 Å². The quantitative estimate of drug-likeness (QED) is 0.800. The summed E-state index contributed by atoms with van der Waals surface area (Å²) in [6, 6.07) is 4.93. The van der Waals surface area contributed by atoms with E-state index in [9.17, 15) is 9.59 Å². The summed E-state index contributed by atoms with van der Waals surface area (Å²) < 4.78 is 6.04. The molecule has 0 radical (unpaired) electrons. The largest absolute Gasteiger partial charge is 0.459 e. The summed E-state index contributed by atoms with van der Waals surface area (Å²) in [6.07, 6.45) is 3.55. The van der Waals surface area contributed by atoms with E-state index in [1.54, 1.807) is 6.07 Å². The molecule has 0 atom stereocenters. The zero-order chi connectivity index (χ0) is 14.1. The van der Waals surface area contributed by atoms with Gasteiger partial charge in [-0.1, -0.05) is 6.92 Å². The molecule has 3 heterocycles. The van der Waals surface area contributed by atoms with Crippen molar-refractivity contribution in [3.05, 3.63) is 51.8 Å².